The van der Waals surface area contributed by atoms with Crippen LogP contribution in [0.1, 0.15) is 42.3 Å². The summed E-state index contributed by atoms with van der Waals surface area (Å²) >= 11 is 3.71. The van der Waals surface area contributed by atoms with Crippen molar-refractivity contribution in [1.29, 1.82) is 0 Å². The van der Waals surface area contributed by atoms with Crippen molar-refractivity contribution in [3.8, 4) is 0 Å². The first-order valence-corrected chi connectivity index (χ1v) is 4.99. The molecule has 0 amide bonds. The molecule has 0 spiro atoms. The van der Waals surface area contributed by atoms with E-state index in [0.717, 1.165) is 18.6 Å². The summed E-state index contributed by atoms with van der Waals surface area (Å²) < 4.78 is 5.20. The van der Waals surface area contributed by atoms with Gasteiger partial charge in [0, 0.05) is 6.42 Å². The molecule has 1 heterocycles. The zero-order chi connectivity index (χ0) is 9.68. The monoisotopic (exact) mass is 198 g/mol. The lowest BCUT2D eigenvalue weighted by Crippen LogP contribution is -1.84. The summed E-state index contributed by atoms with van der Waals surface area (Å²) in [6, 6.07) is 1.77. The molecule has 0 radical (unpaired) electrons. The van der Waals surface area contributed by atoms with Gasteiger partial charge in [-0.2, -0.15) is 0 Å². The van der Waals surface area contributed by atoms with Gasteiger partial charge in [-0.15, -0.1) is 12.6 Å². The summed E-state index contributed by atoms with van der Waals surface area (Å²) in [6.07, 6.45) is 5.89. The van der Waals surface area contributed by atoms with Gasteiger partial charge in [0.15, 0.2) is 0 Å². The van der Waals surface area contributed by atoms with E-state index in [1.165, 1.54) is 19.1 Å². The molecule has 0 unspecified atom stereocenters. The molecule has 0 saturated heterocycles. The third-order valence-corrected chi connectivity index (χ3v) is 2.19. The van der Waals surface area contributed by atoms with Crippen LogP contribution in [0.2, 0.25) is 0 Å². The number of hydrogen-bond acceptors (Lipinski definition) is 2. The number of hydrogen-bond donors (Lipinski definition) is 1. The maximum Gasteiger partial charge on any atom is 0.219 e. The molecule has 0 atom stereocenters. The Morgan fingerprint density at radius 1 is 1.54 bits per heavy atom. The molecule has 0 aliphatic carbocycles. The first-order valence-electron chi connectivity index (χ1n) is 4.54. The maximum absolute atomic E-state index is 10.8. The summed E-state index contributed by atoms with van der Waals surface area (Å²) in [5.41, 5.74) is 0.551. The van der Waals surface area contributed by atoms with Gasteiger partial charge in [0.2, 0.25) is 5.12 Å². The summed E-state index contributed by atoms with van der Waals surface area (Å²) in [4.78, 5) is 10.8. The van der Waals surface area contributed by atoms with Crippen LogP contribution < -0.4 is 0 Å². The van der Waals surface area contributed by atoms with Crippen LogP contribution in [0.4, 0.5) is 0 Å². The van der Waals surface area contributed by atoms with Gasteiger partial charge in [0.25, 0.3) is 0 Å². The Morgan fingerprint density at radius 3 is 2.85 bits per heavy atom. The van der Waals surface area contributed by atoms with E-state index in [-0.39, 0.29) is 5.12 Å². The van der Waals surface area contributed by atoms with E-state index in [4.69, 9.17) is 4.42 Å². The molecule has 1 aromatic rings. The van der Waals surface area contributed by atoms with Gasteiger partial charge in [-0.3, -0.25) is 4.79 Å². The van der Waals surface area contributed by atoms with E-state index in [0.29, 0.717) is 5.56 Å². The molecule has 0 N–H and O–H groups in total. The van der Waals surface area contributed by atoms with E-state index in [1.807, 2.05) is 0 Å². The predicted molar refractivity (Wildman–Crippen MR) is 55.3 cm³/mol. The smallest absolute Gasteiger partial charge is 0.219 e. The highest BCUT2D eigenvalue weighted by Crippen LogP contribution is 2.12. The number of unbranched alkanes of at least 4 members (excludes halogenated alkanes) is 2. The van der Waals surface area contributed by atoms with Crippen LogP contribution >= 0.6 is 12.6 Å². The number of carbonyl (C=O) groups excluding carboxylic acids is 1. The fourth-order valence-electron chi connectivity index (χ4n) is 1.17. The fraction of sp³-hybridized carbons (Fsp3) is 0.500. The Bertz CT molecular complexity index is 278. The number of carbonyl (C=O) groups is 1. The SMILES string of the molecule is CCCCCc1cc(C(=O)S)co1. The van der Waals surface area contributed by atoms with Crippen LogP contribution in [-0.4, -0.2) is 5.12 Å². The molecule has 1 rings (SSSR count). The van der Waals surface area contributed by atoms with Crippen molar-refractivity contribution in [2.24, 2.45) is 0 Å². The van der Waals surface area contributed by atoms with Gasteiger partial charge in [-0.25, -0.2) is 0 Å². The average Bonchev–Trinajstić information content (AvgIpc) is 2.53. The fourth-order valence-corrected chi connectivity index (χ4v) is 1.29. The van der Waals surface area contributed by atoms with Crippen LogP contribution in [0.25, 0.3) is 0 Å². The lowest BCUT2D eigenvalue weighted by molar-refractivity contribution is 0.109. The van der Waals surface area contributed by atoms with Crippen LogP contribution in [-0.2, 0) is 6.42 Å². The highest BCUT2D eigenvalue weighted by molar-refractivity contribution is 7.97. The minimum absolute atomic E-state index is 0.231. The molecule has 0 aliphatic rings. The minimum atomic E-state index is -0.231. The molecule has 1 aromatic heterocycles. The van der Waals surface area contributed by atoms with Crippen LogP contribution in [0, 0.1) is 0 Å². The van der Waals surface area contributed by atoms with E-state index in [2.05, 4.69) is 19.6 Å². The Kier molecular flexibility index (Phi) is 4.09. The molecular weight excluding hydrogens is 184 g/mol. The van der Waals surface area contributed by atoms with Gasteiger partial charge in [0.05, 0.1) is 5.56 Å². The Morgan fingerprint density at radius 2 is 2.31 bits per heavy atom. The summed E-state index contributed by atoms with van der Waals surface area (Å²) in [5, 5.41) is -0.231. The average molecular weight is 198 g/mol. The van der Waals surface area contributed by atoms with Gasteiger partial charge in [0.1, 0.15) is 12.0 Å². The van der Waals surface area contributed by atoms with Crippen LogP contribution in [0.3, 0.4) is 0 Å². The minimum Gasteiger partial charge on any atom is -0.469 e. The highest BCUT2D eigenvalue weighted by Gasteiger charge is 2.05. The van der Waals surface area contributed by atoms with Gasteiger partial charge >= 0.3 is 0 Å². The lowest BCUT2D eigenvalue weighted by atomic mass is 10.1. The van der Waals surface area contributed by atoms with E-state index in [1.54, 1.807) is 6.07 Å². The summed E-state index contributed by atoms with van der Waals surface area (Å²) in [7, 11) is 0. The van der Waals surface area contributed by atoms with E-state index < -0.39 is 0 Å². The zero-order valence-electron chi connectivity index (χ0n) is 7.75. The van der Waals surface area contributed by atoms with Crippen molar-refractivity contribution in [2.75, 3.05) is 0 Å². The standard InChI is InChI=1S/C10H14O2S/c1-2-3-4-5-9-6-8(7-12-9)10(11)13/h6-7H,2-5H2,1H3,(H,11,13). The third kappa shape index (κ3) is 3.27. The number of aryl methyl sites for hydroxylation is 1. The molecule has 2 nitrogen and oxygen atoms in total. The first-order chi connectivity index (χ1) is 6.24. The molecule has 13 heavy (non-hydrogen) atoms. The van der Waals surface area contributed by atoms with Crippen molar-refractivity contribution in [2.45, 2.75) is 32.6 Å². The van der Waals surface area contributed by atoms with Gasteiger partial charge in [-0.05, 0) is 12.5 Å². The Labute approximate surface area is 83.7 Å². The molecule has 0 bridgehead atoms. The Balaban J connectivity index is 2.44. The first kappa shape index (κ1) is 10.4. The Hall–Kier alpha value is -0.700. The summed E-state index contributed by atoms with van der Waals surface area (Å²) in [5.74, 6) is 0.880. The molecule has 0 aliphatic heterocycles. The highest BCUT2D eigenvalue weighted by atomic mass is 32.1. The van der Waals surface area contributed by atoms with E-state index >= 15 is 0 Å². The quantitative estimate of drug-likeness (QED) is 0.582. The van der Waals surface area contributed by atoms with Crippen LogP contribution in [0.15, 0.2) is 16.7 Å². The molecule has 0 aromatic carbocycles. The number of rotatable bonds is 5. The largest absolute Gasteiger partial charge is 0.469 e. The molecule has 3 heteroatoms. The van der Waals surface area contributed by atoms with Crippen LogP contribution in [0.5, 0.6) is 0 Å². The third-order valence-electron chi connectivity index (χ3n) is 1.93. The summed E-state index contributed by atoms with van der Waals surface area (Å²) in [6.45, 7) is 2.16. The molecular formula is C10H14O2S. The van der Waals surface area contributed by atoms with Crippen molar-refractivity contribution in [1.82, 2.24) is 0 Å². The lowest BCUT2D eigenvalue weighted by Gasteiger charge is -1.93. The predicted octanol–water partition coefficient (Wildman–Crippen LogP) is 3.08. The van der Waals surface area contributed by atoms with Crippen molar-refractivity contribution >= 4 is 17.7 Å². The van der Waals surface area contributed by atoms with Gasteiger partial charge < -0.3 is 4.42 Å². The second-order valence-corrected chi connectivity index (χ2v) is 3.47. The topological polar surface area (TPSA) is 30.2 Å². The number of furan rings is 1. The number of thiol groups is 1. The van der Waals surface area contributed by atoms with E-state index in [9.17, 15) is 4.79 Å². The molecule has 0 saturated carbocycles. The molecule has 72 valence electrons. The molecule has 0 fully saturated rings. The second kappa shape index (κ2) is 5.12. The maximum atomic E-state index is 10.8. The van der Waals surface area contributed by atoms with Gasteiger partial charge in [-0.1, -0.05) is 19.8 Å². The second-order valence-electron chi connectivity index (χ2n) is 3.06. The van der Waals surface area contributed by atoms with Crippen molar-refractivity contribution < 1.29 is 9.21 Å². The van der Waals surface area contributed by atoms with Crippen molar-refractivity contribution in [3.05, 3.63) is 23.7 Å². The van der Waals surface area contributed by atoms with Crippen molar-refractivity contribution in [3.63, 3.8) is 0 Å². The normalized spacial score (nSPS) is 10.3. The zero-order valence-corrected chi connectivity index (χ0v) is 8.64.